The van der Waals surface area contributed by atoms with Crippen LogP contribution < -0.4 is 4.90 Å². The summed E-state index contributed by atoms with van der Waals surface area (Å²) >= 11 is 0. The highest BCUT2D eigenvalue weighted by molar-refractivity contribution is 5.53. The molecule has 3 nitrogen and oxygen atoms in total. The molecule has 0 aromatic heterocycles. The zero-order valence-corrected chi connectivity index (χ0v) is 12.1. The third-order valence-electron chi connectivity index (χ3n) is 2.91. The van der Waals surface area contributed by atoms with Crippen LogP contribution >= 0.6 is 0 Å². The molecule has 0 aliphatic rings. The van der Waals surface area contributed by atoms with Gasteiger partial charge in [-0.1, -0.05) is 32.0 Å². The molecule has 1 rings (SSSR count). The Morgan fingerprint density at radius 2 is 1.78 bits per heavy atom. The highest BCUT2D eigenvalue weighted by Gasteiger charge is 2.12. The first-order valence-electron chi connectivity index (χ1n) is 6.63. The van der Waals surface area contributed by atoms with Crippen LogP contribution in [-0.2, 0) is 6.61 Å². The average molecular weight is 250 g/mol. The number of aliphatic hydroxyl groups excluding tert-OH is 1. The van der Waals surface area contributed by atoms with Crippen molar-refractivity contribution in [2.24, 2.45) is 5.92 Å². The van der Waals surface area contributed by atoms with Crippen molar-refractivity contribution in [3.63, 3.8) is 0 Å². The van der Waals surface area contributed by atoms with Crippen molar-refractivity contribution < 1.29 is 5.11 Å². The molecule has 0 unspecified atom stereocenters. The van der Waals surface area contributed by atoms with E-state index in [9.17, 15) is 5.11 Å². The second-order valence-corrected chi connectivity index (χ2v) is 5.43. The largest absolute Gasteiger partial charge is 0.392 e. The second-order valence-electron chi connectivity index (χ2n) is 5.43. The van der Waals surface area contributed by atoms with Gasteiger partial charge in [-0.15, -0.1) is 0 Å². The molecule has 0 spiro atoms. The molecule has 18 heavy (non-hydrogen) atoms. The maximum atomic E-state index is 9.44. The topological polar surface area (TPSA) is 26.7 Å². The van der Waals surface area contributed by atoms with Gasteiger partial charge in [-0.25, -0.2) is 0 Å². The van der Waals surface area contributed by atoms with Crippen molar-refractivity contribution >= 4 is 5.69 Å². The number of para-hydroxylation sites is 1. The highest BCUT2D eigenvalue weighted by Crippen LogP contribution is 2.21. The lowest BCUT2D eigenvalue weighted by atomic mass is 10.1. The fourth-order valence-electron chi connectivity index (χ4n) is 2.02. The summed E-state index contributed by atoms with van der Waals surface area (Å²) in [6.45, 7) is 7.58. The Balaban J connectivity index is 2.86. The highest BCUT2D eigenvalue weighted by atomic mass is 16.3. The second kappa shape index (κ2) is 7.39. The third kappa shape index (κ3) is 4.67. The van der Waals surface area contributed by atoms with E-state index in [1.54, 1.807) is 0 Å². The fraction of sp³-hybridized carbons (Fsp3) is 0.600. The Morgan fingerprint density at radius 1 is 1.11 bits per heavy atom. The lowest BCUT2D eigenvalue weighted by Crippen LogP contribution is -2.35. The quantitative estimate of drug-likeness (QED) is 0.803. The van der Waals surface area contributed by atoms with Gasteiger partial charge >= 0.3 is 0 Å². The minimum Gasteiger partial charge on any atom is -0.392 e. The van der Waals surface area contributed by atoms with Crippen LogP contribution in [0.5, 0.6) is 0 Å². The van der Waals surface area contributed by atoms with Crippen LogP contribution in [0.25, 0.3) is 0 Å². The van der Waals surface area contributed by atoms with E-state index in [4.69, 9.17) is 0 Å². The summed E-state index contributed by atoms with van der Waals surface area (Å²) in [5.74, 6) is 0.610. The van der Waals surface area contributed by atoms with Gasteiger partial charge in [0.1, 0.15) is 0 Å². The summed E-state index contributed by atoms with van der Waals surface area (Å²) in [5, 5.41) is 9.44. The Hall–Kier alpha value is -1.06. The van der Waals surface area contributed by atoms with Crippen molar-refractivity contribution in [1.82, 2.24) is 4.90 Å². The Kier molecular flexibility index (Phi) is 6.16. The van der Waals surface area contributed by atoms with Crippen LogP contribution in [0, 0.1) is 5.92 Å². The van der Waals surface area contributed by atoms with Gasteiger partial charge in [0, 0.05) is 30.9 Å². The smallest absolute Gasteiger partial charge is 0.0702 e. The van der Waals surface area contributed by atoms with Crippen LogP contribution in [0.15, 0.2) is 24.3 Å². The van der Waals surface area contributed by atoms with Crippen LogP contribution in [0.2, 0.25) is 0 Å². The summed E-state index contributed by atoms with van der Waals surface area (Å²) in [6.07, 6.45) is 0. The first kappa shape index (κ1) is 15.0. The molecule has 1 N–H and O–H groups in total. The number of rotatable bonds is 7. The maximum Gasteiger partial charge on any atom is 0.0702 e. The number of hydrogen-bond donors (Lipinski definition) is 1. The summed E-state index contributed by atoms with van der Waals surface area (Å²) in [4.78, 5) is 4.56. The fourth-order valence-corrected chi connectivity index (χ4v) is 2.02. The summed E-state index contributed by atoms with van der Waals surface area (Å²) in [5.41, 5.74) is 2.17. The van der Waals surface area contributed by atoms with Crippen molar-refractivity contribution in [2.75, 3.05) is 38.6 Å². The summed E-state index contributed by atoms with van der Waals surface area (Å²) in [6, 6.07) is 8.12. The van der Waals surface area contributed by atoms with E-state index in [0.29, 0.717) is 5.92 Å². The molecule has 0 bridgehead atoms. The molecule has 102 valence electrons. The average Bonchev–Trinajstić information content (AvgIpc) is 2.33. The van der Waals surface area contributed by atoms with Crippen molar-refractivity contribution in [3.8, 4) is 0 Å². The standard InChI is InChI=1S/C15H26N2O/c1-13(2)11-17(10-9-16(3)4)15-8-6-5-7-14(15)12-18/h5-8,13,18H,9-12H2,1-4H3. The van der Waals surface area contributed by atoms with Gasteiger partial charge in [-0.2, -0.15) is 0 Å². The molecule has 0 saturated carbocycles. The van der Waals surface area contributed by atoms with Crippen LogP contribution in [0.3, 0.4) is 0 Å². The van der Waals surface area contributed by atoms with Crippen LogP contribution in [-0.4, -0.2) is 43.7 Å². The zero-order valence-electron chi connectivity index (χ0n) is 12.1. The molecule has 0 heterocycles. The third-order valence-corrected chi connectivity index (χ3v) is 2.91. The number of aliphatic hydroxyl groups is 1. The van der Waals surface area contributed by atoms with E-state index < -0.39 is 0 Å². The molecular weight excluding hydrogens is 224 g/mol. The van der Waals surface area contributed by atoms with Gasteiger partial charge in [-0.3, -0.25) is 0 Å². The molecule has 1 aromatic rings. The van der Waals surface area contributed by atoms with Gasteiger partial charge in [-0.05, 0) is 26.1 Å². The monoisotopic (exact) mass is 250 g/mol. The molecule has 0 radical (unpaired) electrons. The van der Waals surface area contributed by atoms with Crippen molar-refractivity contribution in [1.29, 1.82) is 0 Å². The van der Waals surface area contributed by atoms with Gasteiger partial charge in [0.2, 0.25) is 0 Å². The van der Waals surface area contributed by atoms with E-state index in [-0.39, 0.29) is 6.61 Å². The van der Waals surface area contributed by atoms with Gasteiger partial charge < -0.3 is 14.9 Å². The Labute approximate surface area is 111 Å². The van der Waals surface area contributed by atoms with Gasteiger partial charge in [0.15, 0.2) is 0 Å². The number of anilines is 1. The minimum atomic E-state index is 0.104. The number of hydrogen-bond acceptors (Lipinski definition) is 3. The van der Waals surface area contributed by atoms with Gasteiger partial charge in [0.05, 0.1) is 6.61 Å². The molecule has 0 saturated heterocycles. The first-order chi connectivity index (χ1) is 8.54. The minimum absolute atomic E-state index is 0.104. The lowest BCUT2D eigenvalue weighted by Gasteiger charge is -2.29. The lowest BCUT2D eigenvalue weighted by molar-refractivity contribution is 0.282. The molecule has 3 heteroatoms. The molecule has 0 fully saturated rings. The zero-order chi connectivity index (χ0) is 13.5. The normalized spacial score (nSPS) is 11.3. The number of benzene rings is 1. The first-order valence-corrected chi connectivity index (χ1v) is 6.63. The number of likely N-dealkylation sites (N-methyl/N-ethyl adjacent to an activating group) is 1. The molecule has 1 aromatic carbocycles. The molecular formula is C15H26N2O. The van der Waals surface area contributed by atoms with Crippen molar-refractivity contribution in [2.45, 2.75) is 20.5 Å². The Bertz CT molecular complexity index is 350. The molecule has 0 amide bonds. The van der Waals surface area contributed by atoms with E-state index in [1.165, 1.54) is 0 Å². The Morgan fingerprint density at radius 3 is 2.33 bits per heavy atom. The maximum absolute atomic E-state index is 9.44. The van der Waals surface area contributed by atoms with E-state index in [1.807, 2.05) is 18.2 Å². The molecule has 0 aliphatic heterocycles. The summed E-state index contributed by atoms with van der Waals surface area (Å²) in [7, 11) is 4.18. The SMILES string of the molecule is CC(C)CN(CCN(C)C)c1ccccc1CO. The van der Waals surface area contributed by atoms with E-state index in [2.05, 4.69) is 43.8 Å². The predicted octanol–water partition coefficient (Wildman–Crippen LogP) is 2.20. The van der Waals surface area contributed by atoms with E-state index >= 15 is 0 Å². The van der Waals surface area contributed by atoms with Gasteiger partial charge in [0.25, 0.3) is 0 Å². The summed E-state index contributed by atoms with van der Waals surface area (Å²) < 4.78 is 0. The van der Waals surface area contributed by atoms with E-state index in [0.717, 1.165) is 30.9 Å². The number of nitrogens with zero attached hydrogens (tertiary/aromatic N) is 2. The predicted molar refractivity (Wildman–Crippen MR) is 78.0 cm³/mol. The molecule has 0 aliphatic carbocycles. The van der Waals surface area contributed by atoms with Crippen LogP contribution in [0.4, 0.5) is 5.69 Å². The van der Waals surface area contributed by atoms with Crippen molar-refractivity contribution in [3.05, 3.63) is 29.8 Å². The molecule has 0 atom stereocenters. The van der Waals surface area contributed by atoms with Crippen LogP contribution in [0.1, 0.15) is 19.4 Å².